The molecule has 0 spiro atoms. The number of para-hydroxylation sites is 1. The van der Waals surface area contributed by atoms with E-state index in [1.165, 1.54) is 0 Å². The number of piperidine rings is 1. The van der Waals surface area contributed by atoms with Gasteiger partial charge in [-0.15, -0.1) is 0 Å². The molecule has 0 aromatic heterocycles. The summed E-state index contributed by atoms with van der Waals surface area (Å²) in [5.74, 6) is -0.192. The maximum Gasteiger partial charge on any atom is 0.256 e. The number of hydrogen-bond donors (Lipinski definition) is 3. The number of hydrogen-bond acceptors (Lipinski definition) is 4. The van der Waals surface area contributed by atoms with Gasteiger partial charge in [0.1, 0.15) is 0 Å². The number of carbonyl (C=O) groups excluding carboxylic acids is 2. The van der Waals surface area contributed by atoms with Gasteiger partial charge in [-0.1, -0.05) is 25.5 Å². The van der Waals surface area contributed by atoms with E-state index < -0.39 is 6.10 Å². The molecule has 1 aromatic rings. The Hall–Kier alpha value is -2.08. The average Bonchev–Trinajstić information content (AvgIpc) is 2.60. The molecule has 132 valence electrons. The summed E-state index contributed by atoms with van der Waals surface area (Å²) in [7, 11) is 0. The van der Waals surface area contributed by atoms with Crippen LogP contribution in [0.4, 0.5) is 5.69 Å². The van der Waals surface area contributed by atoms with Crippen LogP contribution >= 0.6 is 0 Å². The van der Waals surface area contributed by atoms with E-state index in [9.17, 15) is 14.7 Å². The third-order valence-electron chi connectivity index (χ3n) is 4.13. The van der Waals surface area contributed by atoms with Crippen molar-refractivity contribution in [3.8, 4) is 0 Å². The first-order valence-electron chi connectivity index (χ1n) is 8.68. The molecule has 1 saturated heterocycles. The molecule has 0 saturated carbocycles. The molecule has 0 radical (unpaired) electrons. The van der Waals surface area contributed by atoms with Crippen LogP contribution in [-0.4, -0.2) is 54.1 Å². The second-order valence-electron chi connectivity index (χ2n) is 6.15. The molecule has 1 aliphatic heterocycles. The third-order valence-corrected chi connectivity index (χ3v) is 4.13. The Morgan fingerprint density at radius 1 is 1.33 bits per heavy atom. The Kier molecular flexibility index (Phi) is 7.06. The lowest BCUT2D eigenvalue weighted by Gasteiger charge is -2.30. The summed E-state index contributed by atoms with van der Waals surface area (Å²) < 4.78 is 0. The highest BCUT2D eigenvalue weighted by Crippen LogP contribution is 2.20. The molecule has 0 aliphatic carbocycles. The summed E-state index contributed by atoms with van der Waals surface area (Å²) in [6, 6.07) is 7.19. The lowest BCUT2D eigenvalue weighted by Crippen LogP contribution is -2.42. The minimum Gasteiger partial charge on any atom is -0.391 e. The number of nitrogens with one attached hydrogen (secondary N) is 2. The minimum atomic E-state index is -0.452. The number of likely N-dealkylation sites (tertiary alicyclic amines) is 1. The highest BCUT2D eigenvalue weighted by molar-refractivity contribution is 6.00. The molecule has 2 rings (SSSR count). The van der Waals surface area contributed by atoms with Crippen molar-refractivity contribution >= 4 is 17.5 Å². The predicted octanol–water partition coefficient (Wildman–Crippen LogP) is 1.61. The number of rotatable bonds is 7. The molecular formula is C18H27N3O3. The van der Waals surface area contributed by atoms with E-state index in [0.29, 0.717) is 30.9 Å². The summed E-state index contributed by atoms with van der Waals surface area (Å²) >= 11 is 0. The highest BCUT2D eigenvalue weighted by Gasteiger charge is 2.24. The first-order chi connectivity index (χ1) is 11.6. The quantitative estimate of drug-likeness (QED) is 0.662. The number of aliphatic hydroxyl groups is 1. The van der Waals surface area contributed by atoms with Crippen molar-refractivity contribution in [2.24, 2.45) is 0 Å². The molecule has 3 N–H and O–H groups in total. The summed E-state index contributed by atoms with van der Waals surface area (Å²) in [6.07, 6.45) is 3.08. The monoisotopic (exact) mass is 333 g/mol. The first kappa shape index (κ1) is 18.3. The predicted molar refractivity (Wildman–Crippen MR) is 94.0 cm³/mol. The van der Waals surface area contributed by atoms with Gasteiger partial charge in [0.2, 0.25) is 5.91 Å². The Bertz CT molecular complexity index is 562. The third kappa shape index (κ3) is 5.23. The molecule has 6 nitrogen and oxygen atoms in total. The van der Waals surface area contributed by atoms with Crippen LogP contribution in [0.15, 0.2) is 24.3 Å². The van der Waals surface area contributed by atoms with Crippen molar-refractivity contribution in [2.75, 3.05) is 31.5 Å². The summed E-state index contributed by atoms with van der Waals surface area (Å²) in [5.41, 5.74) is 1.18. The lowest BCUT2D eigenvalue weighted by atomic mass is 10.1. The number of carbonyl (C=O) groups is 2. The van der Waals surface area contributed by atoms with Crippen molar-refractivity contribution in [1.29, 1.82) is 0 Å². The number of amides is 2. The second kappa shape index (κ2) is 9.27. The summed E-state index contributed by atoms with van der Waals surface area (Å²) in [5, 5.41) is 15.7. The molecule has 24 heavy (non-hydrogen) atoms. The van der Waals surface area contributed by atoms with Crippen molar-refractivity contribution in [1.82, 2.24) is 10.2 Å². The van der Waals surface area contributed by atoms with Crippen LogP contribution in [0.2, 0.25) is 0 Å². The molecule has 1 heterocycles. The fourth-order valence-electron chi connectivity index (χ4n) is 2.78. The van der Waals surface area contributed by atoms with Crippen LogP contribution in [0.25, 0.3) is 0 Å². The maximum absolute atomic E-state index is 12.7. The molecule has 6 heteroatoms. The van der Waals surface area contributed by atoms with Crippen LogP contribution in [0.5, 0.6) is 0 Å². The van der Waals surface area contributed by atoms with Crippen LogP contribution in [-0.2, 0) is 4.79 Å². The van der Waals surface area contributed by atoms with Gasteiger partial charge in [0.25, 0.3) is 5.91 Å². The maximum atomic E-state index is 12.7. The van der Waals surface area contributed by atoms with Crippen molar-refractivity contribution in [3.63, 3.8) is 0 Å². The molecule has 1 unspecified atom stereocenters. The zero-order valence-electron chi connectivity index (χ0n) is 14.3. The van der Waals surface area contributed by atoms with Gasteiger partial charge in [0.15, 0.2) is 0 Å². The molecule has 1 atom stereocenters. The number of anilines is 1. The number of unbranched alkanes of at least 4 members (excludes halogenated alkanes) is 1. The van der Waals surface area contributed by atoms with Gasteiger partial charge in [0, 0.05) is 25.3 Å². The fourth-order valence-corrected chi connectivity index (χ4v) is 2.78. The van der Waals surface area contributed by atoms with Gasteiger partial charge in [-0.2, -0.15) is 0 Å². The van der Waals surface area contributed by atoms with Crippen molar-refractivity contribution in [2.45, 2.75) is 38.7 Å². The van der Waals surface area contributed by atoms with Gasteiger partial charge >= 0.3 is 0 Å². The Balaban J connectivity index is 1.96. The Labute approximate surface area is 143 Å². The molecule has 1 aromatic carbocycles. The highest BCUT2D eigenvalue weighted by atomic mass is 16.3. The standard InChI is InChI=1S/C18H27N3O3/c1-2-3-10-19-17(23)12-20-16-9-5-4-8-15(16)18(24)21-11-6-7-14(22)13-21/h4-5,8-9,14,20,22H,2-3,6-7,10-13H2,1H3,(H,19,23). The van der Waals surface area contributed by atoms with Crippen molar-refractivity contribution in [3.05, 3.63) is 29.8 Å². The smallest absolute Gasteiger partial charge is 0.256 e. The number of nitrogens with zero attached hydrogens (tertiary/aromatic N) is 1. The number of aliphatic hydroxyl groups excluding tert-OH is 1. The Morgan fingerprint density at radius 3 is 2.88 bits per heavy atom. The zero-order chi connectivity index (χ0) is 17.4. The largest absolute Gasteiger partial charge is 0.391 e. The van der Waals surface area contributed by atoms with E-state index in [1.807, 2.05) is 6.07 Å². The topological polar surface area (TPSA) is 81.7 Å². The van der Waals surface area contributed by atoms with Gasteiger partial charge in [-0.05, 0) is 31.4 Å². The lowest BCUT2D eigenvalue weighted by molar-refractivity contribution is -0.119. The molecule has 1 fully saturated rings. The van der Waals surface area contributed by atoms with E-state index in [-0.39, 0.29) is 18.4 Å². The molecule has 2 amide bonds. The average molecular weight is 333 g/mol. The van der Waals surface area contributed by atoms with E-state index in [0.717, 1.165) is 25.7 Å². The first-order valence-corrected chi connectivity index (χ1v) is 8.68. The van der Waals surface area contributed by atoms with Gasteiger partial charge in [0.05, 0.1) is 18.2 Å². The van der Waals surface area contributed by atoms with E-state index in [4.69, 9.17) is 0 Å². The van der Waals surface area contributed by atoms with Crippen LogP contribution in [0.3, 0.4) is 0 Å². The van der Waals surface area contributed by atoms with E-state index in [1.54, 1.807) is 23.1 Å². The molecule has 0 bridgehead atoms. The zero-order valence-corrected chi connectivity index (χ0v) is 14.3. The summed E-state index contributed by atoms with van der Waals surface area (Å²) in [4.78, 5) is 26.2. The van der Waals surface area contributed by atoms with E-state index in [2.05, 4.69) is 17.6 Å². The SMILES string of the molecule is CCCCNC(=O)CNc1ccccc1C(=O)N1CCCC(O)C1. The van der Waals surface area contributed by atoms with Crippen LogP contribution in [0.1, 0.15) is 43.0 Å². The molecule has 1 aliphatic rings. The second-order valence-corrected chi connectivity index (χ2v) is 6.15. The van der Waals surface area contributed by atoms with Crippen LogP contribution in [0, 0.1) is 0 Å². The van der Waals surface area contributed by atoms with E-state index >= 15 is 0 Å². The fraction of sp³-hybridized carbons (Fsp3) is 0.556. The Morgan fingerprint density at radius 2 is 2.12 bits per heavy atom. The summed E-state index contributed by atoms with van der Waals surface area (Å²) in [6.45, 7) is 3.90. The normalized spacial score (nSPS) is 17.4. The van der Waals surface area contributed by atoms with Gasteiger partial charge < -0.3 is 20.6 Å². The van der Waals surface area contributed by atoms with Gasteiger partial charge in [-0.25, -0.2) is 0 Å². The number of benzene rings is 1. The van der Waals surface area contributed by atoms with Gasteiger partial charge in [-0.3, -0.25) is 9.59 Å². The van der Waals surface area contributed by atoms with Crippen LogP contribution < -0.4 is 10.6 Å². The van der Waals surface area contributed by atoms with Crippen molar-refractivity contribution < 1.29 is 14.7 Å². The number of β-amino-alcohol motifs (C(OH)–C–C–N with tert-alkyl or cyclic N) is 1. The minimum absolute atomic E-state index is 0.0842. The molecular weight excluding hydrogens is 306 g/mol.